The summed E-state index contributed by atoms with van der Waals surface area (Å²) in [5, 5.41) is 31.9. The van der Waals surface area contributed by atoms with Crippen molar-refractivity contribution in [2.24, 2.45) is 35.5 Å². The fourth-order valence-electron chi connectivity index (χ4n) is 7.58. The molecule has 4 rings (SSSR count). The van der Waals surface area contributed by atoms with Gasteiger partial charge < -0.3 is 25.5 Å². The first-order valence-corrected chi connectivity index (χ1v) is 15.1. The lowest BCUT2D eigenvalue weighted by Gasteiger charge is -2.36. The molecule has 216 valence electrons. The van der Waals surface area contributed by atoms with Crippen LogP contribution in [0, 0.1) is 35.5 Å². The van der Waals surface area contributed by atoms with Gasteiger partial charge in [-0.2, -0.15) is 5.48 Å². The van der Waals surface area contributed by atoms with Gasteiger partial charge in [0.25, 0.3) is 0 Å². The van der Waals surface area contributed by atoms with Gasteiger partial charge in [-0.25, -0.2) is 0 Å². The molecule has 0 bridgehead atoms. The summed E-state index contributed by atoms with van der Waals surface area (Å²) in [4.78, 5) is 41.7. The number of aliphatic hydroxyl groups excluding tert-OH is 1. The summed E-state index contributed by atoms with van der Waals surface area (Å²) in [5.74, 6) is -1.91. The summed E-state index contributed by atoms with van der Waals surface area (Å²) in [7, 11) is 0. The number of aliphatic carboxylic acids is 2. The van der Waals surface area contributed by atoms with Crippen molar-refractivity contribution < 1.29 is 34.5 Å². The van der Waals surface area contributed by atoms with Gasteiger partial charge in [0.15, 0.2) is 0 Å². The van der Waals surface area contributed by atoms with Crippen LogP contribution < -0.4 is 10.8 Å². The number of rotatable bonds is 10. The van der Waals surface area contributed by atoms with Crippen molar-refractivity contribution in [3.05, 3.63) is 0 Å². The van der Waals surface area contributed by atoms with Crippen molar-refractivity contribution in [1.29, 1.82) is 0 Å². The van der Waals surface area contributed by atoms with E-state index < -0.39 is 29.9 Å². The molecule has 4 fully saturated rings. The predicted molar refractivity (Wildman–Crippen MR) is 141 cm³/mol. The molecule has 0 aromatic rings. The van der Waals surface area contributed by atoms with Crippen LogP contribution >= 0.6 is 0 Å². The van der Waals surface area contributed by atoms with Crippen LogP contribution in [0.3, 0.4) is 0 Å². The smallest absolute Gasteiger partial charge is 0.307 e. The number of amides is 1. The van der Waals surface area contributed by atoms with Gasteiger partial charge in [-0.15, -0.1) is 0 Å². The van der Waals surface area contributed by atoms with E-state index in [-0.39, 0.29) is 30.2 Å². The molecule has 0 radical (unpaired) electrons. The van der Waals surface area contributed by atoms with Gasteiger partial charge in [-0.05, 0) is 108 Å². The minimum absolute atomic E-state index is 0.110. The maximum absolute atomic E-state index is 12.8. The number of aliphatic hydroxyl groups is 1. The molecular formula is C29H48N2O7. The van der Waals surface area contributed by atoms with E-state index >= 15 is 0 Å². The third-order valence-corrected chi connectivity index (χ3v) is 9.96. The molecular weight excluding hydrogens is 488 g/mol. The zero-order chi connectivity index (χ0) is 27.1. The molecule has 0 heterocycles. The number of nitrogens with one attached hydrogen (secondary N) is 2. The van der Waals surface area contributed by atoms with Crippen LogP contribution in [0.2, 0.25) is 0 Å². The number of hydrogen-bond acceptors (Lipinski definition) is 6. The van der Waals surface area contributed by atoms with Gasteiger partial charge in [0.2, 0.25) is 5.91 Å². The number of hydrogen-bond donors (Lipinski definition) is 5. The molecule has 4 aliphatic rings. The topological polar surface area (TPSA) is 145 Å². The number of carbonyl (C=O) groups is 3. The van der Waals surface area contributed by atoms with Crippen LogP contribution in [-0.4, -0.2) is 58.0 Å². The molecule has 0 aliphatic heterocycles. The molecule has 5 atom stereocenters. The van der Waals surface area contributed by atoms with Gasteiger partial charge >= 0.3 is 11.9 Å². The fourth-order valence-corrected chi connectivity index (χ4v) is 7.58. The Bertz CT molecular complexity index is 792. The predicted octanol–water partition coefficient (Wildman–Crippen LogP) is 3.88. The monoisotopic (exact) mass is 536 g/mol. The lowest BCUT2D eigenvalue weighted by atomic mass is 9.75. The number of carbonyl (C=O) groups excluding carboxylic acids is 1. The van der Waals surface area contributed by atoms with Crippen molar-refractivity contribution in [1.82, 2.24) is 10.8 Å². The third kappa shape index (κ3) is 8.15. The van der Waals surface area contributed by atoms with E-state index in [1.807, 2.05) is 0 Å². The Hall–Kier alpha value is -1.71. The SMILES string of the molecule is O=C(O)C1CCCCC1CONC1CCC(CC2CCC(NC(=O)C3CCC(O)CC3C(=O)O)CC2)CC1. The largest absolute Gasteiger partial charge is 0.481 e. The van der Waals surface area contributed by atoms with Crippen molar-refractivity contribution >= 4 is 17.8 Å². The van der Waals surface area contributed by atoms with Gasteiger partial charge in [0.1, 0.15) is 0 Å². The van der Waals surface area contributed by atoms with E-state index in [2.05, 4.69) is 10.8 Å². The first-order valence-electron chi connectivity index (χ1n) is 15.1. The van der Waals surface area contributed by atoms with Crippen molar-refractivity contribution in [3.63, 3.8) is 0 Å². The van der Waals surface area contributed by atoms with E-state index in [4.69, 9.17) is 4.84 Å². The first kappa shape index (κ1) is 29.3. The molecule has 5 N–H and O–H groups in total. The zero-order valence-corrected chi connectivity index (χ0v) is 22.7. The van der Waals surface area contributed by atoms with E-state index in [1.165, 1.54) is 19.3 Å². The summed E-state index contributed by atoms with van der Waals surface area (Å²) in [6, 6.07) is 0.474. The number of hydroxylamine groups is 1. The average molecular weight is 537 g/mol. The Morgan fingerprint density at radius 3 is 1.92 bits per heavy atom. The van der Waals surface area contributed by atoms with Gasteiger partial charge in [-0.3, -0.25) is 14.4 Å². The van der Waals surface area contributed by atoms with Gasteiger partial charge in [0, 0.05) is 12.1 Å². The molecule has 4 saturated carbocycles. The number of carboxylic acid groups (broad SMARTS) is 2. The van der Waals surface area contributed by atoms with E-state index in [9.17, 15) is 29.7 Å². The van der Waals surface area contributed by atoms with Crippen molar-refractivity contribution in [3.8, 4) is 0 Å². The van der Waals surface area contributed by atoms with Gasteiger partial charge in [0.05, 0.1) is 30.5 Å². The zero-order valence-electron chi connectivity index (χ0n) is 22.7. The van der Waals surface area contributed by atoms with Crippen molar-refractivity contribution in [2.75, 3.05) is 6.61 Å². The second-order valence-corrected chi connectivity index (χ2v) is 12.6. The van der Waals surface area contributed by atoms with Crippen LogP contribution in [0.5, 0.6) is 0 Å². The highest BCUT2D eigenvalue weighted by atomic mass is 16.6. The Kier molecular flexibility index (Phi) is 10.8. The fraction of sp³-hybridized carbons (Fsp3) is 0.897. The second-order valence-electron chi connectivity index (χ2n) is 12.6. The Morgan fingerprint density at radius 2 is 1.29 bits per heavy atom. The molecule has 9 nitrogen and oxygen atoms in total. The molecule has 0 aromatic carbocycles. The average Bonchev–Trinajstić information content (AvgIpc) is 2.91. The number of carboxylic acids is 2. The molecule has 5 unspecified atom stereocenters. The standard InChI is InChI=1S/C29H48N2O7/c32-23-13-14-25(26(16-23)29(36)37)27(33)30-21-9-5-18(6-10-21)15-19-7-11-22(12-8-19)31-38-17-20-3-1-2-4-24(20)28(34)35/h18-26,31-32H,1-17H2,(H,30,33)(H,34,35)(H,36,37). The highest BCUT2D eigenvalue weighted by Crippen LogP contribution is 2.37. The van der Waals surface area contributed by atoms with Crippen LogP contribution in [0.15, 0.2) is 0 Å². The summed E-state index contributed by atoms with van der Waals surface area (Å²) in [6.07, 6.45) is 14.1. The Labute approximate surface area is 226 Å². The van der Waals surface area contributed by atoms with Gasteiger partial charge in [-0.1, -0.05) is 12.8 Å². The summed E-state index contributed by atoms with van der Waals surface area (Å²) in [5.41, 5.74) is 3.23. The quantitative estimate of drug-likeness (QED) is 0.265. The molecule has 0 saturated heterocycles. The molecule has 0 spiro atoms. The highest BCUT2D eigenvalue weighted by molar-refractivity contribution is 5.85. The first-order chi connectivity index (χ1) is 18.3. The third-order valence-electron chi connectivity index (χ3n) is 9.96. The van der Waals surface area contributed by atoms with Crippen LogP contribution in [0.4, 0.5) is 0 Å². The Balaban J connectivity index is 1.10. The lowest BCUT2D eigenvalue weighted by molar-refractivity contribution is -0.151. The minimum Gasteiger partial charge on any atom is -0.481 e. The van der Waals surface area contributed by atoms with E-state index in [1.54, 1.807) is 0 Å². The van der Waals surface area contributed by atoms with Crippen molar-refractivity contribution in [2.45, 2.75) is 121 Å². The minimum atomic E-state index is -0.986. The maximum Gasteiger partial charge on any atom is 0.307 e. The molecule has 4 aliphatic carbocycles. The van der Waals surface area contributed by atoms with Crippen LogP contribution in [0.25, 0.3) is 0 Å². The molecule has 38 heavy (non-hydrogen) atoms. The van der Waals surface area contributed by atoms with Crippen LogP contribution in [-0.2, 0) is 19.2 Å². The second kappa shape index (κ2) is 14.1. The lowest BCUT2D eigenvalue weighted by Crippen LogP contribution is -2.46. The molecule has 0 aromatic heterocycles. The summed E-state index contributed by atoms with van der Waals surface area (Å²) in [6.45, 7) is 0.482. The maximum atomic E-state index is 12.8. The molecule has 1 amide bonds. The van der Waals surface area contributed by atoms with Crippen LogP contribution in [0.1, 0.15) is 103 Å². The molecule has 9 heteroatoms. The highest BCUT2D eigenvalue weighted by Gasteiger charge is 2.40. The summed E-state index contributed by atoms with van der Waals surface area (Å²) >= 11 is 0. The Morgan fingerprint density at radius 1 is 0.684 bits per heavy atom. The normalized spacial score (nSPS) is 38.3. The van der Waals surface area contributed by atoms with E-state index in [0.29, 0.717) is 31.4 Å². The summed E-state index contributed by atoms with van der Waals surface area (Å²) < 4.78 is 0. The van der Waals surface area contributed by atoms with E-state index in [0.717, 1.165) is 70.1 Å².